The number of benzene rings is 1. The molecule has 1 N–H and O–H groups in total. The first-order valence-corrected chi connectivity index (χ1v) is 5.27. The number of carboxylic acids is 1. The summed E-state index contributed by atoms with van der Waals surface area (Å²) < 4.78 is 5.52. The number of carboxylic acid groups (broad SMARTS) is 1. The Balaban J connectivity index is 2.48. The molecule has 0 aliphatic carbocycles. The average Bonchev–Trinajstić information content (AvgIpc) is 2.29. The van der Waals surface area contributed by atoms with Crippen molar-refractivity contribution >= 4 is 5.97 Å². The summed E-state index contributed by atoms with van der Waals surface area (Å²) >= 11 is 0. The van der Waals surface area contributed by atoms with Crippen LogP contribution in [0, 0.1) is 0 Å². The Labute approximate surface area is 95.4 Å². The summed E-state index contributed by atoms with van der Waals surface area (Å²) in [5, 5.41) is 8.62. The number of hydrogen-bond donors (Lipinski definition) is 1. The van der Waals surface area contributed by atoms with E-state index in [9.17, 15) is 4.79 Å². The molecule has 0 radical (unpaired) electrons. The molecule has 0 unspecified atom stereocenters. The maximum Gasteiger partial charge on any atom is 0.331 e. The van der Waals surface area contributed by atoms with Crippen LogP contribution in [-0.2, 0) is 11.2 Å². The number of hydrogen-bond acceptors (Lipinski definition) is 2. The third-order valence-corrected chi connectivity index (χ3v) is 2.32. The lowest BCUT2D eigenvalue weighted by Crippen LogP contribution is -2.06. The number of carbonyl (C=O) groups is 1. The predicted molar refractivity (Wildman–Crippen MR) is 62.7 cm³/mol. The van der Waals surface area contributed by atoms with Crippen LogP contribution in [0.4, 0.5) is 0 Å². The van der Waals surface area contributed by atoms with Crippen LogP contribution in [-0.4, -0.2) is 17.7 Å². The van der Waals surface area contributed by atoms with Crippen molar-refractivity contribution in [3.63, 3.8) is 0 Å². The summed E-state index contributed by atoms with van der Waals surface area (Å²) in [5.74, 6) is -0.143. The van der Waals surface area contributed by atoms with E-state index >= 15 is 0 Å². The Morgan fingerprint density at radius 2 is 2.12 bits per heavy atom. The zero-order valence-corrected chi connectivity index (χ0v) is 9.40. The van der Waals surface area contributed by atoms with E-state index in [-0.39, 0.29) is 5.57 Å². The minimum Gasteiger partial charge on any atom is -0.493 e. The highest BCUT2D eigenvalue weighted by molar-refractivity contribution is 5.85. The lowest BCUT2D eigenvalue weighted by Gasteiger charge is -2.09. The predicted octanol–water partition coefficient (Wildman–Crippen LogP) is 2.66. The first kappa shape index (κ1) is 12.3. The zero-order chi connectivity index (χ0) is 12.0. The standard InChI is InChI=1S/C13H16O3/c1-3-11-6-4-5-7-12(11)16-9-8-10(2)13(14)15/h4-7H,2-3,8-9H2,1H3,(H,14,15). The fraction of sp³-hybridized carbons (Fsp3) is 0.308. The van der Waals surface area contributed by atoms with E-state index in [1.165, 1.54) is 0 Å². The second-order valence-corrected chi connectivity index (χ2v) is 3.47. The van der Waals surface area contributed by atoms with Gasteiger partial charge in [0, 0.05) is 12.0 Å². The van der Waals surface area contributed by atoms with Gasteiger partial charge >= 0.3 is 5.97 Å². The van der Waals surface area contributed by atoms with Gasteiger partial charge in [0.1, 0.15) is 5.75 Å². The topological polar surface area (TPSA) is 46.5 Å². The third-order valence-electron chi connectivity index (χ3n) is 2.32. The quantitative estimate of drug-likeness (QED) is 0.750. The maximum absolute atomic E-state index is 10.5. The number of rotatable bonds is 6. The Bertz CT molecular complexity index is 383. The Morgan fingerprint density at radius 1 is 1.44 bits per heavy atom. The molecule has 0 atom stereocenters. The number of aliphatic carboxylic acids is 1. The van der Waals surface area contributed by atoms with Gasteiger partial charge in [0.05, 0.1) is 6.61 Å². The lowest BCUT2D eigenvalue weighted by molar-refractivity contribution is -0.132. The molecule has 1 aromatic carbocycles. The normalized spacial score (nSPS) is 9.81. The second kappa shape index (κ2) is 5.95. The molecule has 1 aromatic rings. The third kappa shape index (κ3) is 3.42. The summed E-state index contributed by atoms with van der Waals surface area (Å²) in [6, 6.07) is 7.76. The van der Waals surface area contributed by atoms with E-state index in [0.29, 0.717) is 13.0 Å². The SMILES string of the molecule is C=C(CCOc1ccccc1CC)C(=O)O. The molecule has 16 heavy (non-hydrogen) atoms. The van der Waals surface area contributed by atoms with Gasteiger partial charge in [0.15, 0.2) is 0 Å². The average molecular weight is 220 g/mol. The van der Waals surface area contributed by atoms with Crippen molar-refractivity contribution in [2.45, 2.75) is 19.8 Å². The van der Waals surface area contributed by atoms with Crippen LogP contribution in [0.15, 0.2) is 36.4 Å². The molecule has 0 amide bonds. The van der Waals surface area contributed by atoms with Crippen LogP contribution < -0.4 is 4.74 Å². The monoisotopic (exact) mass is 220 g/mol. The van der Waals surface area contributed by atoms with Gasteiger partial charge in [-0.1, -0.05) is 31.7 Å². The molecular formula is C13H16O3. The summed E-state index contributed by atoms with van der Waals surface area (Å²) in [6.07, 6.45) is 1.24. The van der Waals surface area contributed by atoms with E-state index in [1.54, 1.807) is 0 Å². The molecule has 1 rings (SSSR count). The first-order chi connectivity index (χ1) is 7.65. The molecule has 3 nitrogen and oxygen atoms in total. The van der Waals surface area contributed by atoms with Gasteiger partial charge in [-0.3, -0.25) is 0 Å². The van der Waals surface area contributed by atoms with Crippen LogP contribution in [0.3, 0.4) is 0 Å². The van der Waals surface area contributed by atoms with E-state index in [0.717, 1.165) is 17.7 Å². The Kier molecular flexibility index (Phi) is 4.58. The van der Waals surface area contributed by atoms with Gasteiger partial charge in [-0.2, -0.15) is 0 Å². The van der Waals surface area contributed by atoms with Crippen molar-refractivity contribution in [2.75, 3.05) is 6.61 Å². The molecule has 0 bridgehead atoms. The van der Waals surface area contributed by atoms with Gasteiger partial charge in [0.25, 0.3) is 0 Å². The van der Waals surface area contributed by atoms with Gasteiger partial charge in [-0.15, -0.1) is 0 Å². The second-order valence-electron chi connectivity index (χ2n) is 3.47. The van der Waals surface area contributed by atoms with Crippen LogP contribution in [0.1, 0.15) is 18.9 Å². The van der Waals surface area contributed by atoms with Crippen LogP contribution in [0.5, 0.6) is 5.75 Å². The Hall–Kier alpha value is -1.77. The van der Waals surface area contributed by atoms with Crippen LogP contribution >= 0.6 is 0 Å². The molecule has 0 aromatic heterocycles. The van der Waals surface area contributed by atoms with Crippen LogP contribution in [0.25, 0.3) is 0 Å². The van der Waals surface area contributed by atoms with Crippen molar-refractivity contribution in [1.82, 2.24) is 0 Å². The summed E-state index contributed by atoms with van der Waals surface area (Å²) in [7, 11) is 0. The van der Waals surface area contributed by atoms with Crippen molar-refractivity contribution in [2.24, 2.45) is 0 Å². The number of para-hydroxylation sites is 1. The maximum atomic E-state index is 10.5. The Morgan fingerprint density at radius 3 is 2.75 bits per heavy atom. The fourth-order valence-electron chi connectivity index (χ4n) is 1.33. The molecule has 0 fully saturated rings. The fourth-order valence-corrected chi connectivity index (χ4v) is 1.33. The minimum absolute atomic E-state index is 0.175. The first-order valence-electron chi connectivity index (χ1n) is 5.27. The van der Waals surface area contributed by atoms with Gasteiger partial charge in [-0.25, -0.2) is 4.79 Å². The summed E-state index contributed by atoms with van der Waals surface area (Å²) in [6.45, 7) is 5.85. The number of ether oxygens (including phenoxy) is 1. The van der Waals surface area contributed by atoms with Gasteiger partial charge in [0.2, 0.25) is 0 Å². The highest BCUT2D eigenvalue weighted by Gasteiger charge is 2.05. The lowest BCUT2D eigenvalue weighted by atomic mass is 10.1. The van der Waals surface area contributed by atoms with Crippen molar-refractivity contribution in [1.29, 1.82) is 0 Å². The van der Waals surface area contributed by atoms with E-state index in [4.69, 9.17) is 9.84 Å². The smallest absolute Gasteiger partial charge is 0.331 e. The van der Waals surface area contributed by atoms with Crippen LogP contribution in [0.2, 0.25) is 0 Å². The highest BCUT2D eigenvalue weighted by Crippen LogP contribution is 2.18. The summed E-state index contributed by atoms with van der Waals surface area (Å²) in [4.78, 5) is 10.5. The molecule has 0 heterocycles. The van der Waals surface area contributed by atoms with Gasteiger partial charge < -0.3 is 9.84 Å². The molecule has 0 spiro atoms. The minimum atomic E-state index is -0.965. The van der Waals surface area contributed by atoms with E-state index < -0.39 is 5.97 Å². The zero-order valence-electron chi connectivity index (χ0n) is 9.40. The molecule has 0 aliphatic rings. The summed E-state index contributed by atoms with van der Waals surface area (Å²) in [5.41, 5.74) is 1.30. The molecule has 3 heteroatoms. The number of aryl methyl sites for hydroxylation is 1. The van der Waals surface area contributed by atoms with Crippen molar-refractivity contribution in [3.8, 4) is 5.75 Å². The molecule has 0 saturated heterocycles. The molecular weight excluding hydrogens is 204 g/mol. The molecule has 86 valence electrons. The van der Waals surface area contributed by atoms with Crippen molar-refractivity contribution < 1.29 is 14.6 Å². The van der Waals surface area contributed by atoms with Gasteiger partial charge in [-0.05, 0) is 18.1 Å². The largest absolute Gasteiger partial charge is 0.493 e. The highest BCUT2D eigenvalue weighted by atomic mass is 16.5. The van der Waals surface area contributed by atoms with E-state index in [2.05, 4.69) is 13.5 Å². The molecule has 0 aliphatic heterocycles. The molecule has 0 saturated carbocycles. The van der Waals surface area contributed by atoms with E-state index in [1.807, 2.05) is 24.3 Å². The van der Waals surface area contributed by atoms with Crippen molar-refractivity contribution in [3.05, 3.63) is 42.0 Å².